The van der Waals surface area contributed by atoms with Crippen LogP contribution in [0.2, 0.25) is 0 Å². The Hall–Kier alpha value is -1.97. The van der Waals surface area contributed by atoms with Gasteiger partial charge in [-0.15, -0.1) is 0 Å². The van der Waals surface area contributed by atoms with E-state index >= 15 is 0 Å². The molecule has 1 aromatic heterocycles. The Kier molecular flexibility index (Phi) is 3.38. The first-order chi connectivity index (χ1) is 6.29. The highest BCUT2D eigenvalue weighted by Gasteiger charge is 1.78. The van der Waals surface area contributed by atoms with Gasteiger partial charge in [-0.05, 0) is 12.1 Å². The van der Waals surface area contributed by atoms with Gasteiger partial charge in [0.05, 0.1) is 6.20 Å². The van der Waals surface area contributed by atoms with Crippen molar-refractivity contribution in [2.45, 2.75) is 0 Å². The van der Waals surface area contributed by atoms with Crippen LogP contribution in [0.5, 0.6) is 5.75 Å². The Morgan fingerprint density at radius 2 is 1.92 bits per heavy atom. The molecule has 0 saturated carbocycles. The van der Waals surface area contributed by atoms with Gasteiger partial charge in [0.2, 0.25) is 0 Å². The predicted octanol–water partition coefficient (Wildman–Crippen LogP) is 1.65. The minimum atomic E-state index is 0.218. The van der Waals surface area contributed by atoms with E-state index in [4.69, 9.17) is 10.8 Å². The largest absolute Gasteiger partial charge is 0.508 e. The molecule has 4 nitrogen and oxygen atoms in total. The summed E-state index contributed by atoms with van der Waals surface area (Å²) in [6, 6.07) is 8.93. The number of nitrogens with two attached hydrogens (primary N) is 1. The minimum absolute atomic E-state index is 0.218. The second kappa shape index (κ2) is 4.82. The van der Waals surface area contributed by atoms with E-state index in [9.17, 15) is 0 Å². The summed E-state index contributed by atoms with van der Waals surface area (Å²) in [5, 5.41) is 8.63. The number of aromatic hydroxyl groups is 1. The zero-order valence-electron chi connectivity index (χ0n) is 6.92. The number of nitrogens with zero attached hydrogens (tertiary/aromatic N) is 1. The second-order valence-corrected chi connectivity index (χ2v) is 2.21. The van der Waals surface area contributed by atoms with Crippen molar-refractivity contribution in [2.75, 3.05) is 5.73 Å². The molecule has 0 aliphatic heterocycles. The lowest BCUT2D eigenvalue weighted by molar-refractivity contribution is 0.475. The Labute approximate surface area is 75.6 Å². The van der Waals surface area contributed by atoms with E-state index in [-0.39, 0.29) is 6.01 Å². The van der Waals surface area contributed by atoms with Gasteiger partial charge in [0.25, 0.3) is 6.01 Å². The van der Waals surface area contributed by atoms with Crippen molar-refractivity contribution < 1.29 is 9.52 Å². The smallest absolute Gasteiger partial charge is 0.291 e. The van der Waals surface area contributed by atoms with E-state index in [1.54, 1.807) is 24.3 Å². The maximum atomic E-state index is 8.63. The predicted molar refractivity (Wildman–Crippen MR) is 49.0 cm³/mol. The van der Waals surface area contributed by atoms with Crippen molar-refractivity contribution in [3.63, 3.8) is 0 Å². The van der Waals surface area contributed by atoms with E-state index in [0.29, 0.717) is 5.75 Å². The standard InChI is InChI=1S/C6H6O.C3H4N2O/c7-6-4-2-1-3-5-6;4-3-5-1-2-6-3/h1-5,7H;1-2H,(H2,4,5). The van der Waals surface area contributed by atoms with Crippen molar-refractivity contribution in [3.05, 3.63) is 42.8 Å². The van der Waals surface area contributed by atoms with Crippen LogP contribution in [0.1, 0.15) is 0 Å². The number of hydrogen-bond acceptors (Lipinski definition) is 4. The molecule has 4 heteroatoms. The van der Waals surface area contributed by atoms with Gasteiger partial charge in [0.1, 0.15) is 12.0 Å². The van der Waals surface area contributed by atoms with Gasteiger partial charge in [-0.3, -0.25) is 0 Å². The molecular formula is C9H10N2O2. The first-order valence-electron chi connectivity index (χ1n) is 3.68. The number of oxazole rings is 1. The third-order valence-electron chi connectivity index (χ3n) is 1.21. The molecule has 0 amide bonds. The lowest BCUT2D eigenvalue weighted by Gasteiger charge is -1.82. The van der Waals surface area contributed by atoms with Gasteiger partial charge >= 0.3 is 0 Å². The molecular weight excluding hydrogens is 168 g/mol. The van der Waals surface area contributed by atoms with Crippen molar-refractivity contribution in [3.8, 4) is 5.75 Å². The minimum Gasteiger partial charge on any atom is -0.508 e. The fraction of sp³-hybridized carbons (Fsp3) is 0. The van der Waals surface area contributed by atoms with Crippen LogP contribution in [-0.2, 0) is 0 Å². The molecule has 0 spiro atoms. The molecule has 1 aromatic carbocycles. The molecule has 2 rings (SSSR count). The third kappa shape index (κ3) is 3.81. The highest BCUT2D eigenvalue weighted by atomic mass is 16.3. The average molecular weight is 178 g/mol. The maximum Gasteiger partial charge on any atom is 0.291 e. The molecule has 0 unspecified atom stereocenters. The number of nitrogen functional groups attached to an aromatic ring is 1. The van der Waals surface area contributed by atoms with E-state index in [0.717, 1.165) is 0 Å². The summed E-state index contributed by atoms with van der Waals surface area (Å²) < 4.78 is 4.50. The first kappa shape index (κ1) is 9.12. The van der Waals surface area contributed by atoms with Crippen LogP contribution in [0.3, 0.4) is 0 Å². The van der Waals surface area contributed by atoms with Gasteiger partial charge in [0.15, 0.2) is 0 Å². The number of phenolic OH excluding ortho intramolecular Hbond substituents is 1. The Bertz CT molecular complexity index is 319. The molecule has 0 saturated heterocycles. The second-order valence-electron chi connectivity index (χ2n) is 2.21. The molecule has 0 radical (unpaired) electrons. The molecule has 68 valence electrons. The van der Waals surface area contributed by atoms with Crippen LogP contribution in [0.25, 0.3) is 0 Å². The zero-order valence-corrected chi connectivity index (χ0v) is 6.92. The van der Waals surface area contributed by atoms with E-state index in [1.807, 2.05) is 6.07 Å². The Morgan fingerprint density at radius 1 is 1.23 bits per heavy atom. The topological polar surface area (TPSA) is 72.3 Å². The summed E-state index contributed by atoms with van der Waals surface area (Å²) in [5.74, 6) is 0.322. The van der Waals surface area contributed by atoms with E-state index < -0.39 is 0 Å². The number of benzene rings is 1. The molecule has 0 atom stereocenters. The highest BCUT2D eigenvalue weighted by molar-refractivity contribution is 5.18. The maximum absolute atomic E-state index is 8.63. The van der Waals surface area contributed by atoms with E-state index in [1.165, 1.54) is 12.5 Å². The van der Waals surface area contributed by atoms with Crippen molar-refractivity contribution in [2.24, 2.45) is 0 Å². The number of aromatic nitrogens is 1. The van der Waals surface area contributed by atoms with Crippen LogP contribution >= 0.6 is 0 Å². The summed E-state index contributed by atoms with van der Waals surface area (Å²) in [6.07, 6.45) is 2.92. The number of anilines is 1. The molecule has 1 heterocycles. The zero-order chi connectivity index (χ0) is 9.52. The quantitative estimate of drug-likeness (QED) is 0.643. The van der Waals surface area contributed by atoms with Crippen molar-refractivity contribution in [1.29, 1.82) is 0 Å². The summed E-state index contributed by atoms with van der Waals surface area (Å²) in [7, 11) is 0. The molecule has 13 heavy (non-hydrogen) atoms. The van der Waals surface area contributed by atoms with Crippen molar-refractivity contribution in [1.82, 2.24) is 4.98 Å². The number of para-hydroxylation sites is 1. The van der Waals surface area contributed by atoms with Crippen LogP contribution in [0.15, 0.2) is 47.2 Å². The van der Waals surface area contributed by atoms with Crippen LogP contribution in [-0.4, -0.2) is 10.1 Å². The Morgan fingerprint density at radius 3 is 2.15 bits per heavy atom. The fourth-order valence-electron chi connectivity index (χ4n) is 0.662. The third-order valence-corrected chi connectivity index (χ3v) is 1.21. The first-order valence-corrected chi connectivity index (χ1v) is 3.68. The van der Waals surface area contributed by atoms with Crippen LogP contribution in [0.4, 0.5) is 6.01 Å². The molecule has 2 aromatic rings. The summed E-state index contributed by atoms with van der Waals surface area (Å²) in [5.41, 5.74) is 5.00. The number of phenols is 1. The molecule has 0 bridgehead atoms. The number of rotatable bonds is 0. The van der Waals surface area contributed by atoms with Gasteiger partial charge in [0, 0.05) is 0 Å². The molecule has 0 fully saturated rings. The fourth-order valence-corrected chi connectivity index (χ4v) is 0.662. The summed E-state index contributed by atoms with van der Waals surface area (Å²) in [4.78, 5) is 3.53. The lowest BCUT2D eigenvalue weighted by atomic mass is 10.3. The van der Waals surface area contributed by atoms with Gasteiger partial charge < -0.3 is 15.3 Å². The number of hydrogen-bond donors (Lipinski definition) is 2. The molecule has 0 aliphatic rings. The molecule has 3 N–H and O–H groups in total. The SMILES string of the molecule is Nc1ncco1.Oc1ccccc1. The van der Waals surface area contributed by atoms with Crippen molar-refractivity contribution >= 4 is 6.01 Å². The van der Waals surface area contributed by atoms with Gasteiger partial charge in [-0.1, -0.05) is 18.2 Å². The summed E-state index contributed by atoms with van der Waals surface area (Å²) >= 11 is 0. The lowest BCUT2D eigenvalue weighted by Crippen LogP contribution is -1.79. The highest BCUT2D eigenvalue weighted by Crippen LogP contribution is 2.02. The van der Waals surface area contributed by atoms with Gasteiger partial charge in [-0.2, -0.15) is 0 Å². The monoisotopic (exact) mass is 178 g/mol. The Balaban J connectivity index is 0.000000132. The van der Waals surface area contributed by atoms with Gasteiger partial charge in [-0.25, -0.2) is 4.98 Å². The summed E-state index contributed by atoms with van der Waals surface area (Å²) in [6.45, 7) is 0. The normalized spacial score (nSPS) is 8.62. The van der Waals surface area contributed by atoms with Crippen LogP contribution in [0, 0.1) is 0 Å². The molecule has 0 aliphatic carbocycles. The van der Waals surface area contributed by atoms with E-state index in [2.05, 4.69) is 9.40 Å². The van der Waals surface area contributed by atoms with Crippen LogP contribution < -0.4 is 5.73 Å². The average Bonchev–Trinajstić information content (AvgIpc) is 2.58.